The van der Waals surface area contributed by atoms with E-state index in [0.29, 0.717) is 32.8 Å². The van der Waals surface area contributed by atoms with Crippen LogP contribution in [0.25, 0.3) is 0 Å². The van der Waals surface area contributed by atoms with Gasteiger partial charge in [-0.3, -0.25) is 14.5 Å². The van der Waals surface area contributed by atoms with Gasteiger partial charge in [0.05, 0.1) is 13.2 Å². The fourth-order valence-corrected chi connectivity index (χ4v) is 2.09. The number of esters is 1. The molecule has 0 aromatic rings. The lowest BCUT2D eigenvalue weighted by Gasteiger charge is -2.33. The smallest absolute Gasteiger partial charge is 0.324 e. The highest BCUT2D eigenvalue weighted by Gasteiger charge is 2.30. The lowest BCUT2D eigenvalue weighted by atomic mass is 10.2. The van der Waals surface area contributed by atoms with Crippen molar-refractivity contribution in [1.82, 2.24) is 15.5 Å². The van der Waals surface area contributed by atoms with Gasteiger partial charge in [-0.1, -0.05) is 0 Å². The molecule has 1 atom stereocenters. The number of nitrogens with one attached hydrogen (secondary N) is 2. The lowest BCUT2D eigenvalue weighted by molar-refractivity contribution is -0.150. The Morgan fingerprint density at radius 1 is 1.45 bits per heavy atom. The van der Waals surface area contributed by atoms with E-state index in [1.54, 1.807) is 14.0 Å². The number of hydrogen-bond acceptors (Lipinski definition) is 6. The molecule has 0 aromatic heterocycles. The summed E-state index contributed by atoms with van der Waals surface area (Å²) in [6, 6.07) is -0.381. The molecule has 1 amide bonds. The minimum atomic E-state index is -0.381. The van der Waals surface area contributed by atoms with E-state index in [2.05, 4.69) is 10.6 Å². The zero-order chi connectivity index (χ0) is 14.8. The first-order valence-corrected chi connectivity index (χ1v) is 7.06. The third kappa shape index (κ3) is 5.85. The molecule has 1 unspecified atom stereocenters. The molecule has 7 heteroatoms. The normalized spacial score (nSPS) is 19.6. The highest BCUT2D eigenvalue weighted by atomic mass is 16.5. The van der Waals surface area contributed by atoms with Crippen LogP contribution in [0.1, 0.15) is 13.3 Å². The molecule has 0 aliphatic carbocycles. The molecular weight excluding hydrogens is 262 g/mol. The summed E-state index contributed by atoms with van der Waals surface area (Å²) in [6.45, 7) is 5.52. The fraction of sp³-hybridized carbons (Fsp3) is 0.846. The molecular formula is C13H25N3O4. The van der Waals surface area contributed by atoms with Crippen LogP contribution in [0.5, 0.6) is 0 Å². The maximum Gasteiger partial charge on any atom is 0.324 e. The van der Waals surface area contributed by atoms with Crippen LogP contribution in [0.2, 0.25) is 0 Å². The van der Waals surface area contributed by atoms with E-state index in [4.69, 9.17) is 9.47 Å². The van der Waals surface area contributed by atoms with Gasteiger partial charge >= 0.3 is 5.97 Å². The molecule has 2 N–H and O–H groups in total. The Hall–Kier alpha value is -1.18. The molecule has 0 saturated carbocycles. The van der Waals surface area contributed by atoms with Gasteiger partial charge in [-0.2, -0.15) is 0 Å². The van der Waals surface area contributed by atoms with Crippen molar-refractivity contribution < 1.29 is 19.1 Å². The summed E-state index contributed by atoms with van der Waals surface area (Å²) in [5, 5.41) is 5.97. The van der Waals surface area contributed by atoms with Crippen LogP contribution in [0, 0.1) is 0 Å². The van der Waals surface area contributed by atoms with Crippen LogP contribution < -0.4 is 10.6 Å². The van der Waals surface area contributed by atoms with E-state index in [9.17, 15) is 9.59 Å². The van der Waals surface area contributed by atoms with Gasteiger partial charge in [-0.25, -0.2) is 0 Å². The summed E-state index contributed by atoms with van der Waals surface area (Å²) in [5.74, 6) is -0.343. The number of amides is 1. The maximum absolute atomic E-state index is 11.8. The van der Waals surface area contributed by atoms with Gasteiger partial charge in [0.1, 0.15) is 6.04 Å². The van der Waals surface area contributed by atoms with Gasteiger partial charge in [-0.15, -0.1) is 0 Å². The standard InChI is InChI=1S/C13H25N3O4/c1-3-20-13(18)11-9-14-6-7-16(11)10-12(17)15-5-4-8-19-2/h11,14H,3-10H2,1-2H3,(H,15,17). The van der Waals surface area contributed by atoms with E-state index in [1.165, 1.54) is 0 Å². The zero-order valence-electron chi connectivity index (χ0n) is 12.3. The van der Waals surface area contributed by atoms with Crippen LogP contribution in [0.4, 0.5) is 0 Å². The fourth-order valence-electron chi connectivity index (χ4n) is 2.09. The van der Waals surface area contributed by atoms with Crippen LogP contribution in [-0.2, 0) is 19.1 Å². The number of ether oxygens (including phenoxy) is 2. The Morgan fingerprint density at radius 3 is 2.95 bits per heavy atom. The summed E-state index contributed by atoms with van der Waals surface area (Å²) in [4.78, 5) is 25.5. The van der Waals surface area contributed by atoms with Crippen molar-refractivity contribution >= 4 is 11.9 Å². The second kappa shape index (κ2) is 9.68. The highest BCUT2D eigenvalue weighted by Crippen LogP contribution is 2.05. The number of methoxy groups -OCH3 is 1. The summed E-state index contributed by atoms with van der Waals surface area (Å²) >= 11 is 0. The number of carbonyl (C=O) groups excluding carboxylic acids is 2. The Morgan fingerprint density at radius 2 is 2.25 bits per heavy atom. The predicted molar refractivity (Wildman–Crippen MR) is 74.4 cm³/mol. The van der Waals surface area contributed by atoms with Crippen molar-refractivity contribution in [2.45, 2.75) is 19.4 Å². The van der Waals surface area contributed by atoms with Crippen molar-refractivity contribution in [2.75, 3.05) is 53.0 Å². The molecule has 0 radical (unpaired) electrons. The first-order valence-electron chi connectivity index (χ1n) is 7.06. The minimum Gasteiger partial charge on any atom is -0.465 e. The largest absolute Gasteiger partial charge is 0.465 e. The summed E-state index contributed by atoms with van der Waals surface area (Å²) in [6.07, 6.45) is 0.783. The van der Waals surface area contributed by atoms with Crippen molar-refractivity contribution in [3.8, 4) is 0 Å². The van der Waals surface area contributed by atoms with Crippen LogP contribution in [0.3, 0.4) is 0 Å². The van der Waals surface area contributed by atoms with Crippen molar-refractivity contribution in [1.29, 1.82) is 0 Å². The molecule has 1 fully saturated rings. The second-order valence-corrected chi connectivity index (χ2v) is 4.64. The van der Waals surface area contributed by atoms with E-state index in [-0.39, 0.29) is 24.5 Å². The first kappa shape index (κ1) is 16.9. The molecule has 0 bridgehead atoms. The Labute approximate surface area is 120 Å². The number of hydrogen-bond donors (Lipinski definition) is 2. The average Bonchev–Trinajstić information content (AvgIpc) is 2.44. The van der Waals surface area contributed by atoms with Gasteiger partial charge in [0.25, 0.3) is 0 Å². The zero-order valence-corrected chi connectivity index (χ0v) is 12.3. The molecule has 7 nitrogen and oxygen atoms in total. The van der Waals surface area contributed by atoms with E-state index in [1.807, 2.05) is 4.90 Å². The first-order chi connectivity index (χ1) is 9.69. The summed E-state index contributed by atoms with van der Waals surface area (Å²) < 4.78 is 9.96. The molecule has 0 spiro atoms. The number of rotatable bonds is 8. The molecule has 1 saturated heterocycles. The van der Waals surface area contributed by atoms with Gasteiger partial charge in [-0.05, 0) is 13.3 Å². The average molecular weight is 287 g/mol. The number of carbonyl (C=O) groups is 2. The topological polar surface area (TPSA) is 79.9 Å². The predicted octanol–water partition coefficient (Wildman–Crippen LogP) is -1.02. The van der Waals surface area contributed by atoms with Crippen LogP contribution in [0.15, 0.2) is 0 Å². The maximum atomic E-state index is 11.8. The molecule has 1 rings (SSSR count). The summed E-state index contributed by atoms with van der Waals surface area (Å²) in [7, 11) is 1.63. The number of nitrogens with zero attached hydrogens (tertiary/aromatic N) is 1. The van der Waals surface area contributed by atoms with E-state index in [0.717, 1.165) is 13.0 Å². The lowest BCUT2D eigenvalue weighted by Crippen LogP contribution is -2.57. The van der Waals surface area contributed by atoms with Crippen LogP contribution >= 0.6 is 0 Å². The molecule has 0 aromatic carbocycles. The second-order valence-electron chi connectivity index (χ2n) is 4.64. The van der Waals surface area contributed by atoms with Gasteiger partial charge < -0.3 is 20.1 Å². The van der Waals surface area contributed by atoms with Crippen LogP contribution in [-0.4, -0.2) is 75.9 Å². The molecule has 1 heterocycles. The third-order valence-electron chi connectivity index (χ3n) is 3.11. The van der Waals surface area contributed by atoms with E-state index >= 15 is 0 Å². The van der Waals surface area contributed by atoms with Crippen molar-refractivity contribution in [3.63, 3.8) is 0 Å². The Balaban J connectivity index is 2.37. The highest BCUT2D eigenvalue weighted by molar-refractivity contribution is 5.80. The Kier molecular flexibility index (Phi) is 8.17. The monoisotopic (exact) mass is 287 g/mol. The molecule has 1 aliphatic rings. The summed E-state index contributed by atoms with van der Waals surface area (Å²) in [5.41, 5.74) is 0. The SMILES string of the molecule is CCOC(=O)C1CNCCN1CC(=O)NCCCOC. The van der Waals surface area contributed by atoms with Gasteiger partial charge in [0, 0.05) is 39.9 Å². The molecule has 1 aliphatic heterocycles. The van der Waals surface area contributed by atoms with E-state index < -0.39 is 0 Å². The van der Waals surface area contributed by atoms with Gasteiger partial charge in [0.2, 0.25) is 5.91 Å². The quantitative estimate of drug-likeness (QED) is 0.439. The number of piperazine rings is 1. The minimum absolute atomic E-state index is 0.0719. The van der Waals surface area contributed by atoms with Gasteiger partial charge in [0.15, 0.2) is 0 Å². The Bertz CT molecular complexity index is 312. The molecule has 116 valence electrons. The molecule has 20 heavy (non-hydrogen) atoms. The third-order valence-corrected chi connectivity index (χ3v) is 3.11. The van der Waals surface area contributed by atoms with Crippen molar-refractivity contribution in [3.05, 3.63) is 0 Å². The van der Waals surface area contributed by atoms with Crippen molar-refractivity contribution in [2.24, 2.45) is 0 Å².